The van der Waals surface area contributed by atoms with Crippen LogP contribution in [-0.2, 0) is 0 Å². The topological polar surface area (TPSA) is 32.3 Å². The van der Waals surface area contributed by atoms with E-state index in [-0.39, 0.29) is 5.56 Å². The SMILES string of the molecule is CN(C)c1ccc(NC(=O)c2ccc(Br)cc2F)cc1Cl. The summed E-state index contributed by atoms with van der Waals surface area (Å²) in [6.45, 7) is 0. The minimum absolute atomic E-state index is 0.0222. The molecule has 0 aliphatic heterocycles. The lowest BCUT2D eigenvalue weighted by molar-refractivity contribution is 0.102. The van der Waals surface area contributed by atoms with Crippen molar-refractivity contribution < 1.29 is 9.18 Å². The fourth-order valence-corrected chi connectivity index (χ4v) is 2.50. The molecule has 0 saturated heterocycles. The first kappa shape index (κ1) is 15.8. The van der Waals surface area contributed by atoms with E-state index in [2.05, 4.69) is 21.2 Å². The summed E-state index contributed by atoms with van der Waals surface area (Å²) in [4.78, 5) is 13.9. The normalized spacial score (nSPS) is 10.3. The molecule has 110 valence electrons. The van der Waals surface area contributed by atoms with Crippen LogP contribution in [0.1, 0.15) is 10.4 Å². The van der Waals surface area contributed by atoms with Crippen molar-refractivity contribution in [1.29, 1.82) is 0 Å². The molecular weight excluding hydrogens is 359 g/mol. The second-order valence-electron chi connectivity index (χ2n) is 4.64. The van der Waals surface area contributed by atoms with Crippen LogP contribution in [0.15, 0.2) is 40.9 Å². The van der Waals surface area contributed by atoms with Crippen LogP contribution in [0.5, 0.6) is 0 Å². The van der Waals surface area contributed by atoms with Gasteiger partial charge in [-0.05, 0) is 36.4 Å². The fraction of sp³-hybridized carbons (Fsp3) is 0.133. The van der Waals surface area contributed by atoms with Gasteiger partial charge in [0.05, 0.1) is 16.3 Å². The highest BCUT2D eigenvalue weighted by atomic mass is 79.9. The highest BCUT2D eigenvalue weighted by molar-refractivity contribution is 9.10. The maximum atomic E-state index is 13.7. The van der Waals surface area contributed by atoms with Gasteiger partial charge in [-0.1, -0.05) is 27.5 Å². The summed E-state index contributed by atoms with van der Waals surface area (Å²) < 4.78 is 14.3. The van der Waals surface area contributed by atoms with Gasteiger partial charge in [0, 0.05) is 24.3 Å². The Labute approximate surface area is 135 Å². The molecule has 6 heteroatoms. The van der Waals surface area contributed by atoms with E-state index in [1.54, 1.807) is 24.3 Å². The van der Waals surface area contributed by atoms with Crippen molar-refractivity contribution >= 4 is 44.8 Å². The van der Waals surface area contributed by atoms with E-state index in [0.717, 1.165) is 5.69 Å². The number of rotatable bonds is 3. The number of carbonyl (C=O) groups excluding carboxylic acids is 1. The third-order valence-corrected chi connectivity index (χ3v) is 3.66. The lowest BCUT2D eigenvalue weighted by Gasteiger charge is -2.15. The summed E-state index contributed by atoms with van der Waals surface area (Å²) in [6, 6.07) is 9.42. The molecule has 0 saturated carbocycles. The third kappa shape index (κ3) is 3.74. The Kier molecular flexibility index (Phi) is 4.85. The van der Waals surface area contributed by atoms with Crippen LogP contribution in [-0.4, -0.2) is 20.0 Å². The summed E-state index contributed by atoms with van der Waals surface area (Å²) in [6.07, 6.45) is 0. The van der Waals surface area contributed by atoms with E-state index in [1.807, 2.05) is 19.0 Å². The molecule has 0 unspecified atom stereocenters. The van der Waals surface area contributed by atoms with Crippen molar-refractivity contribution in [2.75, 3.05) is 24.3 Å². The maximum absolute atomic E-state index is 13.7. The van der Waals surface area contributed by atoms with Crippen LogP contribution in [0.3, 0.4) is 0 Å². The van der Waals surface area contributed by atoms with E-state index in [0.29, 0.717) is 15.2 Å². The first-order valence-corrected chi connectivity index (χ1v) is 7.29. The van der Waals surface area contributed by atoms with Crippen LogP contribution in [0.4, 0.5) is 15.8 Å². The minimum Gasteiger partial charge on any atom is -0.376 e. The lowest BCUT2D eigenvalue weighted by Crippen LogP contribution is -2.14. The van der Waals surface area contributed by atoms with Gasteiger partial charge in [-0.2, -0.15) is 0 Å². The molecule has 0 aliphatic carbocycles. The fourth-order valence-electron chi connectivity index (χ4n) is 1.82. The summed E-state index contributed by atoms with van der Waals surface area (Å²) in [5.41, 5.74) is 1.33. The van der Waals surface area contributed by atoms with E-state index in [1.165, 1.54) is 12.1 Å². The van der Waals surface area contributed by atoms with E-state index in [4.69, 9.17) is 11.6 Å². The number of anilines is 2. The Balaban J connectivity index is 2.22. The van der Waals surface area contributed by atoms with Gasteiger partial charge in [0.2, 0.25) is 0 Å². The van der Waals surface area contributed by atoms with Crippen molar-refractivity contribution in [2.24, 2.45) is 0 Å². The number of nitrogens with zero attached hydrogens (tertiary/aromatic N) is 1. The first-order valence-electron chi connectivity index (χ1n) is 6.12. The molecule has 2 aromatic carbocycles. The van der Waals surface area contributed by atoms with Crippen molar-refractivity contribution in [3.63, 3.8) is 0 Å². The Morgan fingerprint density at radius 3 is 2.52 bits per heavy atom. The van der Waals surface area contributed by atoms with Gasteiger partial charge in [-0.15, -0.1) is 0 Å². The molecule has 1 N–H and O–H groups in total. The first-order chi connectivity index (χ1) is 9.88. The average Bonchev–Trinajstić information content (AvgIpc) is 2.37. The van der Waals surface area contributed by atoms with Gasteiger partial charge in [-0.3, -0.25) is 4.79 Å². The van der Waals surface area contributed by atoms with Gasteiger partial charge < -0.3 is 10.2 Å². The van der Waals surface area contributed by atoms with E-state index < -0.39 is 11.7 Å². The zero-order valence-electron chi connectivity index (χ0n) is 11.5. The Morgan fingerprint density at radius 2 is 1.95 bits per heavy atom. The van der Waals surface area contributed by atoms with Crippen molar-refractivity contribution in [1.82, 2.24) is 0 Å². The predicted octanol–water partition coefficient (Wildman–Crippen LogP) is 4.56. The second kappa shape index (κ2) is 6.45. The maximum Gasteiger partial charge on any atom is 0.258 e. The summed E-state index contributed by atoms with van der Waals surface area (Å²) >= 11 is 9.28. The molecule has 0 aromatic heterocycles. The molecule has 0 radical (unpaired) electrons. The highest BCUT2D eigenvalue weighted by Gasteiger charge is 2.13. The van der Waals surface area contributed by atoms with Crippen molar-refractivity contribution in [3.8, 4) is 0 Å². The van der Waals surface area contributed by atoms with Gasteiger partial charge in [0.1, 0.15) is 5.82 Å². The molecule has 1 amide bonds. The van der Waals surface area contributed by atoms with Crippen LogP contribution in [0.25, 0.3) is 0 Å². The number of hydrogen-bond donors (Lipinski definition) is 1. The van der Waals surface area contributed by atoms with Crippen LogP contribution < -0.4 is 10.2 Å². The molecule has 21 heavy (non-hydrogen) atoms. The van der Waals surface area contributed by atoms with Crippen molar-refractivity contribution in [3.05, 3.63) is 57.3 Å². The summed E-state index contributed by atoms with van der Waals surface area (Å²) in [7, 11) is 3.74. The van der Waals surface area contributed by atoms with Crippen LogP contribution in [0.2, 0.25) is 5.02 Å². The molecule has 0 aliphatic rings. The molecule has 0 bridgehead atoms. The molecule has 3 nitrogen and oxygen atoms in total. The monoisotopic (exact) mass is 370 g/mol. The molecule has 0 fully saturated rings. The number of carbonyl (C=O) groups is 1. The van der Waals surface area contributed by atoms with Gasteiger partial charge in [0.25, 0.3) is 5.91 Å². The molecule has 2 rings (SSSR count). The Hall–Kier alpha value is -1.59. The average molecular weight is 372 g/mol. The molecule has 0 heterocycles. The lowest BCUT2D eigenvalue weighted by atomic mass is 10.2. The number of benzene rings is 2. The molecule has 2 aromatic rings. The summed E-state index contributed by atoms with van der Waals surface area (Å²) in [5, 5.41) is 3.14. The zero-order chi connectivity index (χ0) is 15.6. The molecular formula is C15H13BrClFN2O. The largest absolute Gasteiger partial charge is 0.376 e. The molecule has 0 spiro atoms. The standard InChI is InChI=1S/C15H13BrClFN2O/c1-20(2)14-6-4-10(8-12(14)17)19-15(21)11-5-3-9(16)7-13(11)18/h3-8H,1-2H3,(H,19,21). The Bertz CT molecular complexity index is 691. The number of amides is 1. The quantitative estimate of drug-likeness (QED) is 0.858. The predicted molar refractivity (Wildman–Crippen MR) is 87.8 cm³/mol. The number of nitrogens with one attached hydrogen (secondary N) is 1. The van der Waals surface area contributed by atoms with Gasteiger partial charge in [-0.25, -0.2) is 4.39 Å². The minimum atomic E-state index is -0.585. The van der Waals surface area contributed by atoms with E-state index in [9.17, 15) is 9.18 Å². The third-order valence-electron chi connectivity index (χ3n) is 2.86. The number of halogens is 3. The van der Waals surface area contributed by atoms with Crippen LogP contribution in [0, 0.1) is 5.82 Å². The van der Waals surface area contributed by atoms with Crippen LogP contribution >= 0.6 is 27.5 Å². The number of hydrogen-bond acceptors (Lipinski definition) is 2. The van der Waals surface area contributed by atoms with Gasteiger partial charge >= 0.3 is 0 Å². The van der Waals surface area contributed by atoms with Gasteiger partial charge in [0.15, 0.2) is 0 Å². The zero-order valence-corrected chi connectivity index (χ0v) is 13.8. The Morgan fingerprint density at radius 1 is 1.24 bits per heavy atom. The van der Waals surface area contributed by atoms with E-state index >= 15 is 0 Å². The van der Waals surface area contributed by atoms with Crippen molar-refractivity contribution in [2.45, 2.75) is 0 Å². The second-order valence-corrected chi connectivity index (χ2v) is 5.96. The molecule has 0 atom stereocenters. The highest BCUT2D eigenvalue weighted by Crippen LogP contribution is 2.27. The smallest absolute Gasteiger partial charge is 0.258 e. The summed E-state index contributed by atoms with van der Waals surface area (Å²) in [5.74, 6) is -1.11.